The summed E-state index contributed by atoms with van der Waals surface area (Å²) in [7, 11) is 0. The number of hydrogen-bond acceptors (Lipinski definition) is 2. The standard InChI is InChI=1S/C11H19NO2/c1-4-9(2)12-7-5-11(3,6-8-12)10(13)14/h4,9H,1,5-8H2,2-3H3,(H,13,14). The molecule has 1 aliphatic heterocycles. The van der Waals surface area contributed by atoms with E-state index in [1.807, 2.05) is 13.0 Å². The van der Waals surface area contributed by atoms with E-state index in [2.05, 4.69) is 18.4 Å². The van der Waals surface area contributed by atoms with Gasteiger partial charge in [-0.2, -0.15) is 0 Å². The second-order valence-corrected chi connectivity index (χ2v) is 4.38. The fourth-order valence-electron chi connectivity index (χ4n) is 1.79. The minimum absolute atomic E-state index is 0.355. The first-order chi connectivity index (χ1) is 6.49. The predicted molar refractivity (Wildman–Crippen MR) is 56.2 cm³/mol. The molecule has 0 radical (unpaired) electrons. The Morgan fingerprint density at radius 3 is 2.43 bits per heavy atom. The Morgan fingerprint density at radius 1 is 1.57 bits per heavy atom. The Hall–Kier alpha value is -0.830. The highest BCUT2D eigenvalue weighted by molar-refractivity contribution is 5.74. The van der Waals surface area contributed by atoms with E-state index < -0.39 is 11.4 Å². The summed E-state index contributed by atoms with van der Waals surface area (Å²) in [6, 6.07) is 0.355. The van der Waals surface area contributed by atoms with E-state index in [4.69, 9.17) is 5.11 Å². The molecule has 1 saturated heterocycles. The molecular weight excluding hydrogens is 178 g/mol. The molecule has 0 aromatic heterocycles. The molecule has 1 fully saturated rings. The second kappa shape index (κ2) is 4.13. The van der Waals surface area contributed by atoms with Crippen LogP contribution >= 0.6 is 0 Å². The van der Waals surface area contributed by atoms with Crippen LogP contribution in [-0.2, 0) is 4.79 Å². The van der Waals surface area contributed by atoms with E-state index in [9.17, 15) is 4.79 Å². The number of hydrogen-bond donors (Lipinski definition) is 1. The number of carbonyl (C=O) groups is 1. The van der Waals surface area contributed by atoms with Gasteiger partial charge in [0.1, 0.15) is 0 Å². The lowest BCUT2D eigenvalue weighted by Crippen LogP contribution is -2.45. The van der Waals surface area contributed by atoms with Gasteiger partial charge in [0, 0.05) is 6.04 Å². The third kappa shape index (κ3) is 2.15. The van der Waals surface area contributed by atoms with Crippen molar-refractivity contribution in [2.75, 3.05) is 13.1 Å². The average molecular weight is 197 g/mol. The summed E-state index contributed by atoms with van der Waals surface area (Å²) in [4.78, 5) is 13.3. The summed E-state index contributed by atoms with van der Waals surface area (Å²) >= 11 is 0. The third-order valence-electron chi connectivity index (χ3n) is 3.33. The minimum atomic E-state index is -0.664. The van der Waals surface area contributed by atoms with Gasteiger partial charge in [-0.1, -0.05) is 6.08 Å². The first kappa shape index (κ1) is 11.2. The lowest BCUT2D eigenvalue weighted by atomic mass is 9.80. The normalized spacial score (nSPS) is 24.1. The van der Waals surface area contributed by atoms with Gasteiger partial charge >= 0.3 is 5.97 Å². The SMILES string of the molecule is C=CC(C)N1CCC(C)(C(=O)O)CC1. The van der Waals surface area contributed by atoms with Crippen LogP contribution in [0, 0.1) is 5.41 Å². The van der Waals surface area contributed by atoms with Crippen molar-refractivity contribution in [2.45, 2.75) is 32.7 Å². The fourth-order valence-corrected chi connectivity index (χ4v) is 1.79. The number of rotatable bonds is 3. The molecular formula is C11H19NO2. The lowest BCUT2D eigenvalue weighted by molar-refractivity contribution is -0.150. The highest BCUT2D eigenvalue weighted by atomic mass is 16.4. The molecule has 1 heterocycles. The first-order valence-corrected chi connectivity index (χ1v) is 5.09. The molecule has 1 aliphatic rings. The second-order valence-electron chi connectivity index (χ2n) is 4.38. The number of carboxylic acid groups (broad SMARTS) is 1. The lowest BCUT2D eigenvalue weighted by Gasteiger charge is -2.38. The highest BCUT2D eigenvalue weighted by Gasteiger charge is 2.37. The molecule has 80 valence electrons. The maximum atomic E-state index is 11.0. The van der Waals surface area contributed by atoms with Crippen molar-refractivity contribution in [3.05, 3.63) is 12.7 Å². The maximum absolute atomic E-state index is 11.0. The molecule has 0 spiro atoms. The zero-order chi connectivity index (χ0) is 10.8. The summed E-state index contributed by atoms with van der Waals surface area (Å²) in [6.07, 6.45) is 3.38. The zero-order valence-corrected chi connectivity index (χ0v) is 8.99. The molecule has 14 heavy (non-hydrogen) atoms. The number of aliphatic carboxylic acids is 1. The average Bonchev–Trinajstić information content (AvgIpc) is 2.17. The van der Waals surface area contributed by atoms with Crippen LogP contribution in [0.5, 0.6) is 0 Å². The van der Waals surface area contributed by atoms with Gasteiger partial charge in [-0.05, 0) is 39.8 Å². The summed E-state index contributed by atoms with van der Waals surface area (Å²) in [5.74, 6) is -0.664. The molecule has 3 heteroatoms. The zero-order valence-electron chi connectivity index (χ0n) is 8.99. The Bertz CT molecular complexity index is 229. The number of nitrogens with zero attached hydrogens (tertiary/aromatic N) is 1. The van der Waals surface area contributed by atoms with Crippen LogP contribution in [0.3, 0.4) is 0 Å². The van der Waals surface area contributed by atoms with Crippen molar-refractivity contribution in [2.24, 2.45) is 5.41 Å². The summed E-state index contributed by atoms with van der Waals surface area (Å²) < 4.78 is 0. The van der Waals surface area contributed by atoms with Gasteiger partial charge in [-0.15, -0.1) is 6.58 Å². The van der Waals surface area contributed by atoms with E-state index in [1.165, 1.54) is 0 Å². The summed E-state index contributed by atoms with van der Waals surface area (Å²) in [5.41, 5.74) is -0.516. The van der Waals surface area contributed by atoms with E-state index in [0.717, 1.165) is 25.9 Å². The molecule has 0 aromatic rings. The molecule has 3 nitrogen and oxygen atoms in total. The Labute approximate surface area is 85.4 Å². The third-order valence-corrected chi connectivity index (χ3v) is 3.33. The first-order valence-electron chi connectivity index (χ1n) is 5.09. The van der Waals surface area contributed by atoms with Crippen LogP contribution in [0.4, 0.5) is 0 Å². The quantitative estimate of drug-likeness (QED) is 0.701. The Morgan fingerprint density at radius 2 is 2.07 bits per heavy atom. The van der Waals surface area contributed by atoms with Crippen molar-refractivity contribution >= 4 is 5.97 Å². The Kier molecular flexibility index (Phi) is 3.32. The molecule has 1 rings (SSSR count). The van der Waals surface area contributed by atoms with E-state index in [1.54, 1.807) is 0 Å². The van der Waals surface area contributed by atoms with Crippen molar-refractivity contribution < 1.29 is 9.90 Å². The van der Waals surface area contributed by atoms with E-state index in [0.29, 0.717) is 6.04 Å². The van der Waals surface area contributed by atoms with Crippen molar-refractivity contribution in [3.63, 3.8) is 0 Å². The monoisotopic (exact) mass is 197 g/mol. The molecule has 0 aromatic carbocycles. The topological polar surface area (TPSA) is 40.5 Å². The minimum Gasteiger partial charge on any atom is -0.481 e. The number of likely N-dealkylation sites (tertiary alicyclic amines) is 1. The Balaban J connectivity index is 2.53. The van der Waals surface area contributed by atoms with Crippen LogP contribution < -0.4 is 0 Å². The van der Waals surface area contributed by atoms with Crippen molar-refractivity contribution in [3.8, 4) is 0 Å². The van der Waals surface area contributed by atoms with Crippen molar-refractivity contribution in [1.82, 2.24) is 4.90 Å². The van der Waals surface area contributed by atoms with Crippen LogP contribution in [0.25, 0.3) is 0 Å². The van der Waals surface area contributed by atoms with Gasteiger partial charge in [0.25, 0.3) is 0 Å². The summed E-state index contributed by atoms with van der Waals surface area (Å²) in [6.45, 7) is 9.40. The van der Waals surface area contributed by atoms with Crippen LogP contribution in [0.1, 0.15) is 26.7 Å². The van der Waals surface area contributed by atoms with Crippen LogP contribution in [-0.4, -0.2) is 35.1 Å². The molecule has 1 atom stereocenters. The van der Waals surface area contributed by atoms with Gasteiger partial charge in [-0.3, -0.25) is 9.69 Å². The van der Waals surface area contributed by atoms with Gasteiger partial charge in [0.2, 0.25) is 0 Å². The largest absolute Gasteiger partial charge is 0.481 e. The van der Waals surface area contributed by atoms with E-state index in [-0.39, 0.29) is 0 Å². The van der Waals surface area contributed by atoms with Gasteiger partial charge in [0.15, 0.2) is 0 Å². The molecule has 0 aliphatic carbocycles. The summed E-state index contributed by atoms with van der Waals surface area (Å²) in [5, 5.41) is 9.04. The fraction of sp³-hybridized carbons (Fsp3) is 0.727. The predicted octanol–water partition coefficient (Wildman–Crippen LogP) is 1.75. The highest BCUT2D eigenvalue weighted by Crippen LogP contribution is 2.31. The van der Waals surface area contributed by atoms with E-state index >= 15 is 0 Å². The molecule has 1 unspecified atom stereocenters. The molecule has 0 saturated carbocycles. The van der Waals surface area contributed by atoms with Crippen LogP contribution in [0.15, 0.2) is 12.7 Å². The van der Waals surface area contributed by atoms with Gasteiger partial charge in [-0.25, -0.2) is 0 Å². The molecule has 0 bridgehead atoms. The van der Waals surface area contributed by atoms with Gasteiger partial charge < -0.3 is 5.11 Å². The van der Waals surface area contributed by atoms with Gasteiger partial charge in [0.05, 0.1) is 5.41 Å². The molecule has 1 N–H and O–H groups in total. The number of carboxylic acids is 1. The van der Waals surface area contributed by atoms with Crippen LogP contribution in [0.2, 0.25) is 0 Å². The van der Waals surface area contributed by atoms with Crippen molar-refractivity contribution in [1.29, 1.82) is 0 Å². The smallest absolute Gasteiger partial charge is 0.309 e. The number of piperidine rings is 1. The molecule has 0 amide bonds. The maximum Gasteiger partial charge on any atom is 0.309 e.